The molecule has 0 aliphatic rings. The van der Waals surface area contributed by atoms with Crippen LogP contribution in [0.5, 0.6) is 0 Å². The number of carbonyl (C=O) groups is 5. The second kappa shape index (κ2) is 17.1. The Hall–Kier alpha value is -2.38. The van der Waals surface area contributed by atoms with Crippen LogP contribution in [0.4, 0.5) is 0 Å². The zero-order chi connectivity index (χ0) is 26.3. The lowest BCUT2D eigenvalue weighted by Gasteiger charge is -2.25. The molecule has 0 aliphatic heterocycles. The van der Waals surface area contributed by atoms with Gasteiger partial charge in [0.1, 0.15) is 18.1 Å². The van der Waals surface area contributed by atoms with Crippen LogP contribution in [0.3, 0.4) is 0 Å². The molecule has 0 aliphatic carbocycles. The maximum atomic E-state index is 13.0. The lowest BCUT2D eigenvalue weighted by molar-refractivity contribution is -0.142. The van der Waals surface area contributed by atoms with E-state index in [1.165, 1.54) is 11.8 Å². The Bertz CT molecular complexity index is 693. The predicted molar refractivity (Wildman–Crippen MR) is 131 cm³/mol. The number of rotatable bonds is 18. The van der Waals surface area contributed by atoms with Crippen molar-refractivity contribution in [2.24, 2.45) is 23.1 Å². The molecule has 0 bridgehead atoms. The fraction of sp³-hybridized carbons (Fsp3) is 0.762. The SMILES string of the molecule is CSCCC(NC(=O)C(N)C(C)C)C(=O)NC(CCCCN)C(=O)NC(CCC(N)=O)C(=O)O. The summed E-state index contributed by atoms with van der Waals surface area (Å²) in [5, 5.41) is 17.0. The van der Waals surface area contributed by atoms with Gasteiger partial charge in [0.15, 0.2) is 0 Å². The quantitative estimate of drug-likeness (QED) is 0.110. The minimum atomic E-state index is -1.34. The number of unbranched alkanes of at least 4 members (excludes halogenated alkanes) is 1. The van der Waals surface area contributed by atoms with Crippen LogP contribution in [0.15, 0.2) is 0 Å². The highest BCUT2D eigenvalue weighted by Gasteiger charge is 2.30. The van der Waals surface area contributed by atoms with Gasteiger partial charge >= 0.3 is 5.97 Å². The fourth-order valence-corrected chi connectivity index (χ4v) is 3.40. The molecule has 0 aromatic rings. The average Bonchev–Trinajstić information content (AvgIpc) is 2.77. The number of aliphatic carboxylic acids is 1. The standard InChI is InChI=1S/C21H40N6O6S/c1-12(2)17(24)20(31)26-14(9-11-34-3)19(30)25-13(6-4-5-10-22)18(29)27-15(21(32)33)7-8-16(23)28/h12-15,17H,4-11,22,24H2,1-3H3,(H2,23,28)(H,25,30)(H,26,31)(H,27,29)(H,32,33). The van der Waals surface area contributed by atoms with Crippen molar-refractivity contribution in [1.82, 2.24) is 16.0 Å². The van der Waals surface area contributed by atoms with E-state index >= 15 is 0 Å². The number of carboxylic acids is 1. The normalized spacial score (nSPS) is 14.5. The van der Waals surface area contributed by atoms with E-state index in [0.29, 0.717) is 31.6 Å². The van der Waals surface area contributed by atoms with E-state index in [1.54, 1.807) is 13.8 Å². The molecule has 34 heavy (non-hydrogen) atoms. The van der Waals surface area contributed by atoms with Crippen molar-refractivity contribution in [2.45, 2.75) is 76.5 Å². The minimum Gasteiger partial charge on any atom is -0.480 e. The second-order valence-corrected chi connectivity index (χ2v) is 9.35. The number of carboxylic acid groups (broad SMARTS) is 1. The third kappa shape index (κ3) is 12.8. The van der Waals surface area contributed by atoms with Crippen LogP contribution in [0, 0.1) is 5.92 Å². The Labute approximate surface area is 204 Å². The summed E-state index contributed by atoms with van der Waals surface area (Å²) in [6.45, 7) is 3.96. The first-order valence-corrected chi connectivity index (χ1v) is 12.7. The number of hydrogen-bond donors (Lipinski definition) is 7. The Morgan fingerprint density at radius 1 is 0.853 bits per heavy atom. The molecule has 4 unspecified atom stereocenters. The van der Waals surface area contributed by atoms with Crippen molar-refractivity contribution >= 4 is 41.4 Å². The van der Waals surface area contributed by atoms with Gasteiger partial charge in [-0.25, -0.2) is 4.79 Å². The van der Waals surface area contributed by atoms with Crippen molar-refractivity contribution in [1.29, 1.82) is 0 Å². The Kier molecular flexibility index (Phi) is 15.9. The highest BCUT2D eigenvalue weighted by molar-refractivity contribution is 7.98. The molecule has 0 rings (SSSR count). The van der Waals surface area contributed by atoms with Crippen LogP contribution >= 0.6 is 11.8 Å². The molecule has 0 fully saturated rings. The van der Waals surface area contributed by atoms with Crippen LogP contribution in [0.1, 0.15) is 52.4 Å². The summed E-state index contributed by atoms with van der Waals surface area (Å²) in [5.41, 5.74) is 16.5. The van der Waals surface area contributed by atoms with Gasteiger partial charge in [-0.15, -0.1) is 0 Å². The second-order valence-electron chi connectivity index (χ2n) is 8.36. The van der Waals surface area contributed by atoms with Gasteiger partial charge < -0.3 is 38.3 Å². The number of nitrogens with two attached hydrogens (primary N) is 3. The van der Waals surface area contributed by atoms with Gasteiger partial charge in [-0.2, -0.15) is 11.8 Å². The van der Waals surface area contributed by atoms with E-state index in [4.69, 9.17) is 17.2 Å². The zero-order valence-electron chi connectivity index (χ0n) is 20.2. The summed E-state index contributed by atoms with van der Waals surface area (Å²) >= 11 is 1.49. The van der Waals surface area contributed by atoms with E-state index in [2.05, 4.69) is 16.0 Å². The minimum absolute atomic E-state index is 0.132. The van der Waals surface area contributed by atoms with E-state index in [0.717, 1.165) is 0 Å². The first-order chi connectivity index (χ1) is 15.9. The van der Waals surface area contributed by atoms with Gasteiger partial charge in [0.2, 0.25) is 23.6 Å². The summed E-state index contributed by atoms with van der Waals surface area (Å²) in [4.78, 5) is 60.8. The molecule has 0 spiro atoms. The van der Waals surface area contributed by atoms with E-state index in [9.17, 15) is 29.1 Å². The lowest BCUT2D eigenvalue weighted by Crippen LogP contribution is -2.57. The predicted octanol–water partition coefficient (Wildman–Crippen LogP) is -1.34. The van der Waals surface area contributed by atoms with Crippen LogP contribution < -0.4 is 33.2 Å². The smallest absolute Gasteiger partial charge is 0.326 e. The van der Waals surface area contributed by atoms with Crippen molar-refractivity contribution in [2.75, 3.05) is 18.6 Å². The van der Waals surface area contributed by atoms with Gasteiger partial charge in [-0.1, -0.05) is 13.8 Å². The zero-order valence-corrected chi connectivity index (χ0v) is 21.0. The molecule has 196 valence electrons. The Morgan fingerprint density at radius 2 is 1.38 bits per heavy atom. The highest BCUT2D eigenvalue weighted by Crippen LogP contribution is 2.08. The topological polar surface area (TPSA) is 220 Å². The summed E-state index contributed by atoms with van der Waals surface area (Å²) in [6.07, 6.45) is 3.09. The van der Waals surface area contributed by atoms with Crippen LogP contribution in [-0.4, -0.2) is 77.4 Å². The maximum Gasteiger partial charge on any atom is 0.326 e. The summed E-state index contributed by atoms with van der Waals surface area (Å²) in [7, 11) is 0. The fourth-order valence-electron chi connectivity index (χ4n) is 2.93. The number of nitrogens with one attached hydrogen (secondary N) is 3. The van der Waals surface area contributed by atoms with Gasteiger partial charge in [-0.05, 0) is 56.6 Å². The molecule has 4 atom stereocenters. The summed E-state index contributed by atoms with van der Waals surface area (Å²) in [6, 6.07) is -4.11. The molecular formula is C21H40N6O6S. The number of primary amides is 1. The molecule has 0 heterocycles. The van der Waals surface area contributed by atoms with Crippen molar-refractivity contribution in [3.8, 4) is 0 Å². The molecule has 4 amide bonds. The molecule has 0 aromatic heterocycles. The molecule has 10 N–H and O–H groups in total. The van der Waals surface area contributed by atoms with Crippen LogP contribution in [0.25, 0.3) is 0 Å². The van der Waals surface area contributed by atoms with E-state index in [-0.39, 0.29) is 25.2 Å². The summed E-state index contributed by atoms with van der Waals surface area (Å²) < 4.78 is 0. The molecule has 0 saturated heterocycles. The Balaban J connectivity index is 5.48. The number of amides is 4. The first kappa shape index (κ1) is 31.6. The van der Waals surface area contributed by atoms with Gasteiger partial charge in [-0.3, -0.25) is 19.2 Å². The molecule has 0 saturated carbocycles. The third-order valence-electron chi connectivity index (χ3n) is 5.14. The number of hydrogen-bond acceptors (Lipinski definition) is 8. The molecule has 13 heteroatoms. The molecule has 12 nitrogen and oxygen atoms in total. The summed E-state index contributed by atoms with van der Waals surface area (Å²) in [5.74, 6) is -3.33. The van der Waals surface area contributed by atoms with Crippen molar-refractivity contribution in [3.05, 3.63) is 0 Å². The first-order valence-electron chi connectivity index (χ1n) is 11.3. The maximum absolute atomic E-state index is 13.0. The molecule has 0 radical (unpaired) electrons. The van der Waals surface area contributed by atoms with Crippen molar-refractivity contribution in [3.63, 3.8) is 0 Å². The van der Waals surface area contributed by atoms with Crippen LogP contribution in [-0.2, 0) is 24.0 Å². The van der Waals surface area contributed by atoms with Crippen molar-refractivity contribution < 1.29 is 29.1 Å². The van der Waals surface area contributed by atoms with Gasteiger partial charge in [0.05, 0.1) is 6.04 Å². The monoisotopic (exact) mass is 504 g/mol. The van der Waals surface area contributed by atoms with Gasteiger partial charge in [0.25, 0.3) is 0 Å². The number of thioether (sulfide) groups is 1. The third-order valence-corrected chi connectivity index (χ3v) is 5.78. The average molecular weight is 505 g/mol. The lowest BCUT2D eigenvalue weighted by atomic mass is 10.0. The van der Waals surface area contributed by atoms with Crippen LogP contribution in [0.2, 0.25) is 0 Å². The Morgan fingerprint density at radius 3 is 1.85 bits per heavy atom. The van der Waals surface area contributed by atoms with E-state index < -0.39 is 53.8 Å². The largest absolute Gasteiger partial charge is 0.480 e. The highest BCUT2D eigenvalue weighted by atomic mass is 32.2. The van der Waals surface area contributed by atoms with E-state index in [1.807, 2.05) is 6.26 Å². The molecular weight excluding hydrogens is 464 g/mol. The number of carbonyl (C=O) groups excluding carboxylic acids is 4. The van der Waals surface area contributed by atoms with Gasteiger partial charge in [0, 0.05) is 6.42 Å². The molecule has 0 aromatic carbocycles.